The van der Waals surface area contributed by atoms with Gasteiger partial charge in [-0.2, -0.15) is 11.8 Å². The summed E-state index contributed by atoms with van der Waals surface area (Å²) >= 11 is 2.13. The fraction of sp³-hybridized carbons (Fsp3) is 1.00. The summed E-state index contributed by atoms with van der Waals surface area (Å²) in [5, 5.41) is 7.16. The molecule has 1 rings (SSSR count). The van der Waals surface area contributed by atoms with Crippen molar-refractivity contribution in [1.29, 1.82) is 0 Å². The molecule has 2 unspecified atom stereocenters. The molecule has 3 heteroatoms. The number of hydrogen-bond donors (Lipinski definition) is 2. The quantitative estimate of drug-likeness (QED) is 0.719. The zero-order chi connectivity index (χ0) is 12.0. The van der Waals surface area contributed by atoms with E-state index in [0.717, 1.165) is 25.6 Å². The van der Waals surface area contributed by atoms with Crippen molar-refractivity contribution in [2.75, 3.05) is 25.4 Å². The van der Waals surface area contributed by atoms with E-state index in [1.165, 1.54) is 18.6 Å². The Morgan fingerprint density at radius 1 is 1.25 bits per heavy atom. The molecule has 0 aliphatic carbocycles. The van der Waals surface area contributed by atoms with Crippen LogP contribution in [0.1, 0.15) is 40.5 Å². The second-order valence-corrected chi connectivity index (χ2v) is 7.42. The zero-order valence-electron chi connectivity index (χ0n) is 11.3. The molecule has 1 aliphatic rings. The molecule has 0 aromatic carbocycles. The topological polar surface area (TPSA) is 24.1 Å². The van der Waals surface area contributed by atoms with Gasteiger partial charge in [-0.1, -0.05) is 13.8 Å². The van der Waals surface area contributed by atoms with Gasteiger partial charge in [0.05, 0.1) is 0 Å². The number of hydrogen-bond acceptors (Lipinski definition) is 3. The fourth-order valence-corrected chi connectivity index (χ4v) is 3.28. The Labute approximate surface area is 105 Å². The van der Waals surface area contributed by atoms with Crippen LogP contribution < -0.4 is 10.6 Å². The van der Waals surface area contributed by atoms with Crippen molar-refractivity contribution >= 4 is 11.8 Å². The van der Waals surface area contributed by atoms with Crippen LogP contribution in [0.3, 0.4) is 0 Å². The summed E-state index contributed by atoms with van der Waals surface area (Å²) < 4.78 is 0.492. The van der Waals surface area contributed by atoms with Crippen molar-refractivity contribution in [3.05, 3.63) is 0 Å². The van der Waals surface area contributed by atoms with Gasteiger partial charge in [-0.15, -0.1) is 0 Å². The molecule has 1 fully saturated rings. The monoisotopic (exact) mass is 244 g/mol. The number of nitrogens with one attached hydrogen (secondary N) is 2. The lowest BCUT2D eigenvalue weighted by molar-refractivity contribution is 0.444. The van der Waals surface area contributed by atoms with Crippen LogP contribution in [-0.2, 0) is 0 Å². The van der Waals surface area contributed by atoms with Gasteiger partial charge in [-0.3, -0.25) is 0 Å². The third kappa shape index (κ3) is 5.55. The maximum Gasteiger partial charge on any atom is 0.0256 e. The van der Waals surface area contributed by atoms with Crippen LogP contribution in [-0.4, -0.2) is 36.2 Å². The normalized spacial score (nSPS) is 27.6. The molecule has 1 saturated heterocycles. The molecule has 2 N–H and O–H groups in total. The van der Waals surface area contributed by atoms with Crippen molar-refractivity contribution in [2.24, 2.45) is 5.92 Å². The van der Waals surface area contributed by atoms with E-state index in [1.807, 2.05) is 0 Å². The van der Waals surface area contributed by atoms with E-state index in [1.54, 1.807) is 0 Å². The van der Waals surface area contributed by atoms with Crippen LogP contribution in [0.5, 0.6) is 0 Å². The number of rotatable bonds is 7. The summed E-state index contributed by atoms with van der Waals surface area (Å²) in [5.74, 6) is 2.09. The van der Waals surface area contributed by atoms with E-state index in [-0.39, 0.29) is 0 Å². The average molecular weight is 244 g/mol. The van der Waals surface area contributed by atoms with Gasteiger partial charge in [0.2, 0.25) is 0 Å². The maximum absolute atomic E-state index is 3.66. The summed E-state index contributed by atoms with van der Waals surface area (Å²) in [7, 11) is 0. The lowest BCUT2D eigenvalue weighted by atomic mass is 10.1. The standard InChI is InChI=1S/C13H28N2S/c1-11(2)8-14-9-12(3)15-10-13(4)6-5-7-16-13/h11-12,14-15H,5-10H2,1-4H3. The Kier molecular flexibility index (Phi) is 6.16. The Bertz CT molecular complexity index is 188. The largest absolute Gasteiger partial charge is 0.315 e. The first kappa shape index (κ1) is 14.3. The van der Waals surface area contributed by atoms with E-state index >= 15 is 0 Å². The third-order valence-corrected chi connectivity index (χ3v) is 4.67. The zero-order valence-corrected chi connectivity index (χ0v) is 12.1. The van der Waals surface area contributed by atoms with Gasteiger partial charge in [0.1, 0.15) is 0 Å². The van der Waals surface area contributed by atoms with Gasteiger partial charge in [0.25, 0.3) is 0 Å². The minimum absolute atomic E-state index is 0.492. The molecule has 0 aromatic rings. The predicted octanol–water partition coefficient (Wildman–Crippen LogP) is 2.50. The Hall–Kier alpha value is 0.270. The van der Waals surface area contributed by atoms with Gasteiger partial charge in [0.15, 0.2) is 0 Å². The minimum atomic E-state index is 0.492. The van der Waals surface area contributed by atoms with E-state index < -0.39 is 0 Å². The van der Waals surface area contributed by atoms with Gasteiger partial charge in [-0.05, 0) is 44.9 Å². The van der Waals surface area contributed by atoms with Gasteiger partial charge in [0, 0.05) is 23.9 Å². The summed E-state index contributed by atoms with van der Waals surface area (Å²) in [6, 6.07) is 0.580. The molecule has 0 bridgehead atoms. The smallest absolute Gasteiger partial charge is 0.0256 e. The lowest BCUT2D eigenvalue weighted by Gasteiger charge is -2.26. The lowest BCUT2D eigenvalue weighted by Crippen LogP contribution is -2.43. The summed E-state index contributed by atoms with van der Waals surface area (Å²) in [4.78, 5) is 0. The second kappa shape index (κ2) is 6.87. The van der Waals surface area contributed by atoms with Crippen LogP contribution in [0.15, 0.2) is 0 Å². The van der Waals surface area contributed by atoms with E-state index in [9.17, 15) is 0 Å². The highest BCUT2D eigenvalue weighted by molar-refractivity contribution is 8.00. The van der Waals surface area contributed by atoms with Crippen LogP contribution >= 0.6 is 11.8 Å². The highest BCUT2D eigenvalue weighted by atomic mass is 32.2. The predicted molar refractivity (Wildman–Crippen MR) is 75.3 cm³/mol. The molecule has 1 heterocycles. The van der Waals surface area contributed by atoms with Crippen molar-refractivity contribution in [3.63, 3.8) is 0 Å². The van der Waals surface area contributed by atoms with Gasteiger partial charge < -0.3 is 10.6 Å². The van der Waals surface area contributed by atoms with Crippen LogP contribution in [0.25, 0.3) is 0 Å². The Morgan fingerprint density at radius 2 is 2.00 bits per heavy atom. The van der Waals surface area contributed by atoms with Gasteiger partial charge in [-0.25, -0.2) is 0 Å². The molecule has 16 heavy (non-hydrogen) atoms. The van der Waals surface area contributed by atoms with Crippen molar-refractivity contribution < 1.29 is 0 Å². The van der Waals surface area contributed by atoms with E-state index in [2.05, 4.69) is 50.1 Å². The molecule has 0 saturated carbocycles. The van der Waals surface area contributed by atoms with Crippen molar-refractivity contribution in [2.45, 2.75) is 51.3 Å². The van der Waals surface area contributed by atoms with Crippen LogP contribution in [0, 0.1) is 5.92 Å². The molecule has 2 nitrogen and oxygen atoms in total. The summed E-state index contributed by atoms with van der Waals surface area (Å²) in [5.41, 5.74) is 0. The van der Waals surface area contributed by atoms with Crippen molar-refractivity contribution in [1.82, 2.24) is 10.6 Å². The highest BCUT2D eigenvalue weighted by Crippen LogP contribution is 2.36. The third-order valence-electron chi connectivity index (χ3n) is 3.13. The van der Waals surface area contributed by atoms with E-state index in [0.29, 0.717) is 10.8 Å². The van der Waals surface area contributed by atoms with Gasteiger partial charge >= 0.3 is 0 Å². The molecule has 0 aromatic heterocycles. The second-order valence-electron chi connectivity index (χ2n) is 5.74. The molecule has 0 amide bonds. The molecule has 0 radical (unpaired) electrons. The van der Waals surface area contributed by atoms with Crippen LogP contribution in [0.2, 0.25) is 0 Å². The Morgan fingerprint density at radius 3 is 2.56 bits per heavy atom. The molecule has 1 aliphatic heterocycles. The summed E-state index contributed by atoms with van der Waals surface area (Å²) in [6.07, 6.45) is 2.76. The van der Waals surface area contributed by atoms with E-state index in [4.69, 9.17) is 0 Å². The first-order valence-electron chi connectivity index (χ1n) is 6.60. The number of thioether (sulfide) groups is 1. The fourth-order valence-electron chi connectivity index (χ4n) is 2.03. The molecular formula is C13H28N2S. The average Bonchev–Trinajstić information content (AvgIpc) is 2.62. The molecule has 2 atom stereocenters. The maximum atomic E-state index is 3.66. The molecular weight excluding hydrogens is 216 g/mol. The van der Waals surface area contributed by atoms with Crippen molar-refractivity contribution in [3.8, 4) is 0 Å². The SMILES string of the molecule is CC(C)CNCC(C)NCC1(C)CCCS1. The van der Waals surface area contributed by atoms with Crippen LogP contribution in [0.4, 0.5) is 0 Å². The molecule has 0 spiro atoms. The molecule has 96 valence electrons. The highest BCUT2D eigenvalue weighted by Gasteiger charge is 2.29. The minimum Gasteiger partial charge on any atom is -0.315 e. The first-order valence-corrected chi connectivity index (χ1v) is 7.58. The first-order chi connectivity index (χ1) is 7.52. The summed E-state index contributed by atoms with van der Waals surface area (Å²) in [6.45, 7) is 12.5. The Balaban J connectivity index is 2.07.